The van der Waals surface area contributed by atoms with Crippen LogP contribution in [0.15, 0.2) is 18.2 Å². The molecule has 4 N–H and O–H groups in total. The Labute approximate surface area is 135 Å². The van der Waals surface area contributed by atoms with Crippen molar-refractivity contribution in [3.8, 4) is 5.75 Å². The number of hydrogen-bond acceptors (Lipinski definition) is 5. The van der Waals surface area contributed by atoms with Crippen LogP contribution >= 0.6 is 0 Å². The molecule has 0 aromatic heterocycles. The number of carbonyl (C=O) groups excluding carboxylic acids is 1. The number of amides is 1. The lowest BCUT2D eigenvalue weighted by Crippen LogP contribution is -2.43. The number of nitrogens with one attached hydrogen (secondary N) is 1. The maximum atomic E-state index is 11.8. The van der Waals surface area contributed by atoms with E-state index in [1.807, 2.05) is 6.92 Å². The van der Waals surface area contributed by atoms with E-state index in [0.29, 0.717) is 11.4 Å². The Morgan fingerprint density at radius 3 is 2.57 bits per heavy atom. The van der Waals surface area contributed by atoms with Crippen LogP contribution in [0.4, 0.5) is 10.5 Å². The molecule has 0 aliphatic heterocycles. The summed E-state index contributed by atoms with van der Waals surface area (Å²) in [4.78, 5) is 22.7. The van der Waals surface area contributed by atoms with Gasteiger partial charge >= 0.3 is 12.1 Å². The number of alkyl carbamates (subject to hydrolysis) is 1. The zero-order chi connectivity index (χ0) is 17.6. The molecule has 7 nitrogen and oxygen atoms in total. The first-order valence-electron chi connectivity index (χ1n) is 7.27. The molecule has 0 fully saturated rings. The van der Waals surface area contributed by atoms with Crippen LogP contribution in [0, 0.1) is 6.92 Å². The predicted octanol–water partition coefficient (Wildman–Crippen LogP) is 2.32. The zero-order valence-corrected chi connectivity index (χ0v) is 13.9. The fraction of sp³-hybridized carbons (Fsp3) is 0.500. The molecule has 1 rings (SSSR count). The van der Waals surface area contributed by atoms with Gasteiger partial charge in [-0.25, -0.2) is 4.79 Å². The Hall–Kier alpha value is -2.44. The first-order valence-corrected chi connectivity index (χ1v) is 7.27. The van der Waals surface area contributed by atoms with E-state index in [1.54, 1.807) is 39.0 Å². The number of aliphatic carboxylic acids is 1. The molecule has 0 radical (unpaired) electrons. The number of hydrogen-bond donors (Lipinski definition) is 3. The number of anilines is 1. The maximum absolute atomic E-state index is 11.8. The van der Waals surface area contributed by atoms with Gasteiger partial charge in [0.1, 0.15) is 18.0 Å². The molecule has 1 unspecified atom stereocenters. The van der Waals surface area contributed by atoms with Crippen molar-refractivity contribution in [3.05, 3.63) is 23.8 Å². The first-order chi connectivity index (χ1) is 10.6. The van der Waals surface area contributed by atoms with Gasteiger partial charge in [-0.1, -0.05) is 6.07 Å². The van der Waals surface area contributed by atoms with Crippen molar-refractivity contribution in [2.24, 2.45) is 0 Å². The van der Waals surface area contributed by atoms with Gasteiger partial charge in [0.05, 0.1) is 12.5 Å². The Morgan fingerprint density at radius 2 is 2.00 bits per heavy atom. The molecular formula is C16H24N2O5. The van der Waals surface area contributed by atoms with Gasteiger partial charge in [-0.3, -0.25) is 4.79 Å². The summed E-state index contributed by atoms with van der Waals surface area (Å²) in [6.07, 6.45) is -0.961. The molecule has 1 atom stereocenters. The van der Waals surface area contributed by atoms with Crippen LogP contribution in [0.1, 0.15) is 32.8 Å². The number of carbonyl (C=O) groups is 2. The van der Waals surface area contributed by atoms with E-state index >= 15 is 0 Å². The van der Waals surface area contributed by atoms with Crippen LogP contribution in [0.3, 0.4) is 0 Å². The Balaban J connectivity index is 2.69. The van der Waals surface area contributed by atoms with Crippen LogP contribution in [0.25, 0.3) is 0 Å². The second-order valence-electron chi connectivity index (χ2n) is 6.28. The van der Waals surface area contributed by atoms with Gasteiger partial charge in [0.15, 0.2) is 0 Å². The maximum Gasteiger partial charge on any atom is 0.408 e. The summed E-state index contributed by atoms with van der Waals surface area (Å²) >= 11 is 0. The van der Waals surface area contributed by atoms with Crippen molar-refractivity contribution in [2.45, 2.75) is 45.8 Å². The molecule has 1 amide bonds. The highest BCUT2D eigenvalue weighted by Crippen LogP contribution is 2.21. The van der Waals surface area contributed by atoms with Crippen molar-refractivity contribution in [3.63, 3.8) is 0 Å². The van der Waals surface area contributed by atoms with Gasteiger partial charge in [0.2, 0.25) is 0 Å². The number of aryl methyl sites for hydroxylation is 1. The fourth-order valence-corrected chi connectivity index (χ4v) is 1.80. The average Bonchev–Trinajstić information content (AvgIpc) is 2.36. The molecule has 0 heterocycles. The summed E-state index contributed by atoms with van der Waals surface area (Å²) in [5.74, 6) is -0.495. The lowest BCUT2D eigenvalue weighted by atomic mass is 10.2. The standard InChI is InChI=1S/C16H24N2O5/c1-10-5-6-11(17)7-13(10)22-9-12(8-14(19)20)18-15(21)23-16(2,3)4/h5-7,12H,8-9,17H2,1-4H3,(H,18,21)(H,19,20). The first kappa shape index (κ1) is 18.6. The molecule has 1 aromatic rings. The van der Waals surface area contributed by atoms with Gasteiger partial charge in [-0.05, 0) is 39.3 Å². The summed E-state index contributed by atoms with van der Waals surface area (Å²) in [5.41, 5.74) is 6.45. The van der Waals surface area contributed by atoms with Crippen molar-refractivity contribution in [2.75, 3.05) is 12.3 Å². The number of benzene rings is 1. The summed E-state index contributed by atoms with van der Waals surface area (Å²) in [5, 5.41) is 11.5. The van der Waals surface area contributed by atoms with Crippen LogP contribution in [-0.4, -0.2) is 35.4 Å². The van der Waals surface area contributed by atoms with Gasteiger partial charge in [-0.15, -0.1) is 0 Å². The molecular weight excluding hydrogens is 300 g/mol. The molecule has 0 aliphatic rings. The molecule has 0 saturated carbocycles. The van der Waals surface area contributed by atoms with E-state index in [9.17, 15) is 9.59 Å². The second kappa shape index (κ2) is 7.71. The minimum atomic E-state index is -1.04. The van der Waals surface area contributed by atoms with E-state index in [-0.39, 0.29) is 13.0 Å². The third kappa shape index (κ3) is 7.39. The van der Waals surface area contributed by atoms with Gasteiger partial charge in [0, 0.05) is 11.8 Å². The Kier molecular flexibility index (Phi) is 6.24. The highest BCUT2D eigenvalue weighted by atomic mass is 16.6. The quantitative estimate of drug-likeness (QED) is 0.693. The molecule has 0 saturated heterocycles. The van der Waals surface area contributed by atoms with E-state index in [2.05, 4.69) is 5.32 Å². The molecule has 1 aromatic carbocycles. The normalized spacial score (nSPS) is 12.3. The van der Waals surface area contributed by atoms with Crippen LogP contribution in [-0.2, 0) is 9.53 Å². The molecule has 0 spiro atoms. The molecule has 0 aliphatic carbocycles. The van der Waals surface area contributed by atoms with Crippen LogP contribution in [0.2, 0.25) is 0 Å². The van der Waals surface area contributed by atoms with E-state index in [4.69, 9.17) is 20.3 Å². The lowest BCUT2D eigenvalue weighted by molar-refractivity contribution is -0.137. The highest BCUT2D eigenvalue weighted by Gasteiger charge is 2.22. The van der Waals surface area contributed by atoms with Crippen molar-refractivity contribution in [1.82, 2.24) is 5.32 Å². The van der Waals surface area contributed by atoms with Crippen molar-refractivity contribution in [1.29, 1.82) is 0 Å². The molecule has 23 heavy (non-hydrogen) atoms. The SMILES string of the molecule is Cc1ccc(N)cc1OCC(CC(=O)O)NC(=O)OC(C)(C)C. The highest BCUT2D eigenvalue weighted by molar-refractivity contribution is 5.71. The summed E-state index contributed by atoms with van der Waals surface area (Å²) < 4.78 is 10.7. The minimum Gasteiger partial charge on any atom is -0.491 e. The van der Waals surface area contributed by atoms with E-state index < -0.39 is 23.7 Å². The van der Waals surface area contributed by atoms with Crippen molar-refractivity contribution >= 4 is 17.7 Å². The second-order valence-corrected chi connectivity index (χ2v) is 6.28. The van der Waals surface area contributed by atoms with Crippen molar-refractivity contribution < 1.29 is 24.2 Å². The monoisotopic (exact) mass is 324 g/mol. The number of carboxylic acids is 1. The number of rotatable bonds is 6. The topological polar surface area (TPSA) is 111 Å². The van der Waals surface area contributed by atoms with Gasteiger partial charge in [-0.2, -0.15) is 0 Å². The number of nitrogens with two attached hydrogens (primary N) is 1. The predicted molar refractivity (Wildman–Crippen MR) is 86.5 cm³/mol. The van der Waals surface area contributed by atoms with E-state index in [1.165, 1.54) is 0 Å². The van der Waals surface area contributed by atoms with Gasteiger partial charge in [0.25, 0.3) is 0 Å². The van der Waals surface area contributed by atoms with Gasteiger partial charge < -0.3 is 25.6 Å². The minimum absolute atomic E-state index is 0.00413. The summed E-state index contributed by atoms with van der Waals surface area (Å²) in [7, 11) is 0. The number of ether oxygens (including phenoxy) is 2. The molecule has 0 bridgehead atoms. The smallest absolute Gasteiger partial charge is 0.408 e. The van der Waals surface area contributed by atoms with E-state index in [0.717, 1.165) is 5.56 Å². The summed E-state index contributed by atoms with van der Waals surface area (Å²) in [6.45, 7) is 7.03. The Morgan fingerprint density at radius 1 is 1.35 bits per heavy atom. The lowest BCUT2D eigenvalue weighted by Gasteiger charge is -2.23. The number of nitrogen functional groups attached to an aromatic ring is 1. The number of carboxylic acid groups (broad SMARTS) is 1. The molecule has 7 heteroatoms. The zero-order valence-electron chi connectivity index (χ0n) is 13.9. The van der Waals surface area contributed by atoms with Crippen LogP contribution in [0.5, 0.6) is 5.75 Å². The third-order valence-corrected chi connectivity index (χ3v) is 2.79. The average molecular weight is 324 g/mol. The largest absolute Gasteiger partial charge is 0.491 e. The third-order valence-electron chi connectivity index (χ3n) is 2.79. The summed E-state index contributed by atoms with van der Waals surface area (Å²) in [6, 6.07) is 4.48. The fourth-order valence-electron chi connectivity index (χ4n) is 1.80. The molecule has 128 valence electrons. The Bertz CT molecular complexity index is 566. The van der Waals surface area contributed by atoms with Crippen LogP contribution < -0.4 is 15.8 Å².